The van der Waals surface area contributed by atoms with Crippen molar-refractivity contribution in [3.05, 3.63) is 301 Å². The van der Waals surface area contributed by atoms with E-state index >= 15 is 0 Å². The third kappa shape index (κ3) is 11.6. The molecule has 506 valence electrons. The summed E-state index contributed by atoms with van der Waals surface area (Å²) in [7, 11) is 0. The van der Waals surface area contributed by atoms with Crippen molar-refractivity contribution in [1.82, 2.24) is 48.2 Å². The summed E-state index contributed by atoms with van der Waals surface area (Å²) in [5.41, 5.74) is 21.2. The highest BCUT2D eigenvalue weighted by molar-refractivity contribution is 6.25. The summed E-state index contributed by atoms with van der Waals surface area (Å²) in [5, 5.41) is 9.30. The fourth-order valence-corrected chi connectivity index (χ4v) is 16.0. The lowest BCUT2D eigenvalue weighted by Gasteiger charge is -2.14. The summed E-state index contributed by atoms with van der Waals surface area (Å²) in [6, 6.07) is 99.3. The van der Waals surface area contributed by atoms with Gasteiger partial charge in [-0.05, 0) is 146 Å². The zero-order chi connectivity index (χ0) is 69.9. The molecule has 0 amide bonds. The largest absolute Gasteiger partial charge is 0.307 e. The summed E-state index contributed by atoms with van der Waals surface area (Å²) < 4.78 is 9.45. The lowest BCUT2D eigenvalue weighted by Crippen LogP contribution is -2.07. The first-order valence-electron chi connectivity index (χ1n) is 37.1. The van der Waals surface area contributed by atoms with E-state index in [9.17, 15) is 0 Å². The summed E-state index contributed by atoms with van der Waals surface area (Å²) in [6.45, 7) is 11.3. The van der Waals surface area contributed by atoms with Gasteiger partial charge in [-0.25, -0.2) is 9.97 Å². The molecule has 0 atom stereocenters. The van der Waals surface area contributed by atoms with Crippen molar-refractivity contribution in [2.75, 3.05) is 0 Å². The lowest BCUT2D eigenvalue weighted by molar-refractivity contribution is 0.647. The Morgan fingerprint density at radius 3 is 0.952 bits per heavy atom. The third-order valence-electron chi connectivity index (χ3n) is 20.9. The molecule has 6 aromatic heterocycles. The molecule has 104 heavy (non-hydrogen) atoms. The topological polar surface area (TPSA) is 97.1 Å². The van der Waals surface area contributed by atoms with Gasteiger partial charge in [-0.3, -0.25) is 9.13 Å². The van der Waals surface area contributed by atoms with E-state index in [1.54, 1.807) is 0 Å². The van der Waals surface area contributed by atoms with Crippen LogP contribution in [-0.4, -0.2) is 48.2 Å². The average Bonchev–Trinajstić information content (AvgIpc) is 1.55. The van der Waals surface area contributed by atoms with Gasteiger partial charge in [0.1, 0.15) is 0 Å². The molecule has 0 bridgehead atoms. The van der Waals surface area contributed by atoms with Crippen molar-refractivity contribution in [3.8, 4) is 68.8 Å². The van der Waals surface area contributed by atoms with E-state index in [4.69, 9.17) is 29.9 Å². The Bertz CT molecular complexity index is 6170. The fourth-order valence-electron chi connectivity index (χ4n) is 16.0. The first-order valence-corrected chi connectivity index (χ1v) is 37.1. The fraction of sp³-hybridized carbons (Fsp3) is 0.170. The van der Waals surface area contributed by atoms with E-state index in [2.05, 4.69) is 326 Å². The smallest absolute Gasteiger partial charge is 0.238 e. The van der Waals surface area contributed by atoms with E-state index in [1.165, 1.54) is 49.4 Å². The van der Waals surface area contributed by atoms with Gasteiger partial charge in [0.2, 0.25) is 11.9 Å². The number of unbranched alkanes of at least 4 members (excludes halogenated alkanes) is 2. The SMILES string of the molecule is CCCCc1ccc(-c2nc(-c3ccc(CCCCc4ccc5c(c4)c4ccc6c7ccccc7n(-c7nc(-c8ccc(CC(C)C)cc8)nc(-c8ccc(CC(C)C)cc8)n7)c6c4n5-c4ccccc4)cc3)nc(-n3c4ccccc4c4ccc5c6ccccc6n(-c6ccccc6)c5c43)n2)cc1. The molecule has 0 spiro atoms. The second-order valence-electron chi connectivity index (χ2n) is 29.0. The van der Waals surface area contributed by atoms with Crippen molar-refractivity contribution in [2.45, 2.75) is 92.4 Å². The number of fused-ring (bicyclic) bond motifs is 14. The molecule has 0 saturated heterocycles. The molecule has 0 fully saturated rings. The first kappa shape index (κ1) is 64.0. The standard InChI is InChI=1S/C94H80N10/c1-6-7-22-62-35-44-67(45-36-62)89-95-90(98-93(97-89)103-82-33-20-17-30-74(82)77-53-52-76-73-29-16-19-32-81(73)101(85(76)87(77)103)71-25-10-8-11-26-71)68-46-37-63(38-47-68)23-14-15-24-64-43-56-84-80(59-64)79-55-54-78-75-31-18-21-34-83(75)104(88(78)86(79)102(84)72-27-12-9-13-28-72)94-99-91(69-48-39-65(40-49-69)57-60(2)3)96-92(100-94)70-50-41-66(42-51-70)58-61(4)5/h8-13,16-21,25-56,59-61H,6-7,14-15,22-24,57-58H2,1-5H3. The van der Waals surface area contributed by atoms with Crippen LogP contribution in [0, 0.1) is 11.8 Å². The highest BCUT2D eigenvalue weighted by Gasteiger charge is 2.27. The van der Waals surface area contributed by atoms with Gasteiger partial charge in [0.05, 0.1) is 44.1 Å². The van der Waals surface area contributed by atoms with Crippen LogP contribution in [0.1, 0.15) is 88.1 Å². The molecule has 0 saturated carbocycles. The van der Waals surface area contributed by atoms with Gasteiger partial charge in [0.25, 0.3) is 0 Å². The van der Waals surface area contributed by atoms with Gasteiger partial charge in [-0.1, -0.05) is 259 Å². The van der Waals surface area contributed by atoms with Gasteiger partial charge in [0.15, 0.2) is 23.3 Å². The van der Waals surface area contributed by atoms with Gasteiger partial charge < -0.3 is 9.13 Å². The van der Waals surface area contributed by atoms with Gasteiger partial charge in [-0.2, -0.15) is 19.9 Å². The van der Waals surface area contributed by atoms with Crippen LogP contribution in [0.5, 0.6) is 0 Å². The summed E-state index contributed by atoms with van der Waals surface area (Å²) in [5.74, 6) is 4.80. The Kier molecular flexibility index (Phi) is 16.6. The van der Waals surface area contributed by atoms with E-state index in [0.717, 1.165) is 157 Å². The molecule has 18 rings (SSSR count). The summed E-state index contributed by atoms with van der Waals surface area (Å²) >= 11 is 0. The molecule has 12 aromatic carbocycles. The third-order valence-corrected chi connectivity index (χ3v) is 20.9. The molecule has 0 aliphatic heterocycles. The van der Waals surface area contributed by atoms with Crippen LogP contribution in [0.4, 0.5) is 0 Å². The molecule has 0 radical (unpaired) electrons. The normalized spacial score (nSPS) is 12.0. The first-order chi connectivity index (χ1) is 51.2. The Labute approximate surface area is 605 Å². The number of aromatic nitrogens is 10. The summed E-state index contributed by atoms with van der Waals surface area (Å²) in [6.07, 6.45) is 9.28. The molecular formula is C94H80N10. The molecule has 0 aliphatic rings. The predicted molar refractivity (Wildman–Crippen MR) is 431 cm³/mol. The van der Waals surface area contributed by atoms with E-state index in [0.29, 0.717) is 47.0 Å². The molecule has 6 heterocycles. The highest BCUT2D eigenvalue weighted by atomic mass is 15.2. The van der Waals surface area contributed by atoms with Crippen molar-refractivity contribution in [2.24, 2.45) is 11.8 Å². The van der Waals surface area contributed by atoms with Crippen LogP contribution in [0.25, 0.3) is 156 Å². The highest BCUT2D eigenvalue weighted by Crippen LogP contribution is 2.45. The van der Waals surface area contributed by atoms with Gasteiger partial charge in [0, 0.05) is 76.7 Å². The van der Waals surface area contributed by atoms with Gasteiger partial charge in [-0.15, -0.1) is 0 Å². The lowest BCUT2D eigenvalue weighted by atomic mass is 10.0. The van der Waals surface area contributed by atoms with Crippen LogP contribution in [0.3, 0.4) is 0 Å². The van der Waals surface area contributed by atoms with Crippen molar-refractivity contribution >= 4 is 87.2 Å². The quantitative estimate of drug-likeness (QED) is 0.0705. The summed E-state index contributed by atoms with van der Waals surface area (Å²) in [4.78, 5) is 32.5. The molecule has 0 unspecified atom stereocenters. The number of nitrogens with zero attached hydrogens (tertiary/aromatic N) is 10. The minimum absolute atomic E-state index is 0.547. The van der Waals surface area contributed by atoms with E-state index < -0.39 is 0 Å². The Hall–Kier alpha value is -12.1. The number of hydrogen-bond donors (Lipinski definition) is 0. The second kappa shape index (κ2) is 27.0. The van der Waals surface area contributed by atoms with E-state index in [1.807, 2.05) is 0 Å². The predicted octanol–water partition coefficient (Wildman–Crippen LogP) is 23.4. The molecule has 10 nitrogen and oxygen atoms in total. The molecule has 0 N–H and O–H groups in total. The number of aryl methyl sites for hydroxylation is 3. The Balaban J connectivity index is 0.689. The monoisotopic (exact) mass is 1350 g/mol. The van der Waals surface area contributed by atoms with Crippen LogP contribution in [0.2, 0.25) is 0 Å². The number of para-hydroxylation sites is 5. The molecule has 18 aromatic rings. The number of hydrogen-bond acceptors (Lipinski definition) is 6. The van der Waals surface area contributed by atoms with E-state index in [-0.39, 0.29) is 0 Å². The zero-order valence-corrected chi connectivity index (χ0v) is 59.5. The maximum atomic E-state index is 5.50. The maximum absolute atomic E-state index is 5.50. The van der Waals surface area contributed by atoms with Crippen molar-refractivity contribution in [1.29, 1.82) is 0 Å². The van der Waals surface area contributed by atoms with Crippen molar-refractivity contribution < 1.29 is 0 Å². The zero-order valence-electron chi connectivity index (χ0n) is 59.5. The van der Waals surface area contributed by atoms with Crippen molar-refractivity contribution in [3.63, 3.8) is 0 Å². The molecule has 10 heteroatoms. The average molecular weight is 1350 g/mol. The second-order valence-corrected chi connectivity index (χ2v) is 29.0. The van der Waals surface area contributed by atoms with Crippen LogP contribution in [0.15, 0.2) is 273 Å². The number of rotatable bonds is 20. The van der Waals surface area contributed by atoms with Crippen LogP contribution in [-0.2, 0) is 32.1 Å². The molecule has 0 aliphatic carbocycles. The van der Waals surface area contributed by atoms with Gasteiger partial charge >= 0.3 is 0 Å². The minimum Gasteiger partial charge on any atom is -0.307 e. The Morgan fingerprint density at radius 2 is 0.567 bits per heavy atom. The number of benzene rings is 12. The van der Waals surface area contributed by atoms with Crippen LogP contribution < -0.4 is 0 Å². The minimum atomic E-state index is 0.547. The maximum Gasteiger partial charge on any atom is 0.238 e. The van der Waals surface area contributed by atoms with Crippen LogP contribution >= 0.6 is 0 Å². The Morgan fingerprint density at radius 1 is 0.260 bits per heavy atom. The molecular weight excluding hydrogens is 1270 g/mol.